The van der Waals surface area contributed by atoms with Crippen molar-refractivity contribution in [1.29, 1.82) is 0 Å². The number of hydrogen-bond donors (Lipinski definition) is 1. The molecule has 156 valence electrons. The monoisotopic (exact) mass is 443 g/mol. The van der Waals surface area contributed by atoms with Crippen LogP contribution in [-0.2, 0) is 14.6 Å². The van der Waals surface area contributed by atoms with Crippen molar-refractivity contribution in [3.8, 4) is 0 Å². The van der Waals surface area contributed by atoms with Crippen molar-refractivity contribution >= 4 is 43.9 Å². The molecule has 0 unspecified atom stereocenters. The summed E-state index contributed by atoms with van der Waals surface area (Å²) in [6.45, 7) is 2.95. The Hall–Kier alpha value is -2.64. The first-order valence-corrected chi connectivity index (χ1v) is 11.6. The number of benzene rings is 2. The van der Waals surface area contributed by atoms with Gasteiger partial charge in [-0.1, -0.05) is 29.3 Å². The first-order chi connectivity index (χ1) is 14.3. The minimum Gasteiger partial charge on any atom is -0.370 e. The fourth-order valence-electron chi connectivity index (χ4n) is 3.89. The molecule has 3 aromatic rings. The number of aromatic nitrogens is 1. The molecule has 2 N–H and O–H groups in total. The van der Waals surface area contributed by atoms with Gasteiger partial charge in [0.05, 0.1) is 16.1 Å². The first-order valence-electron chi connectivity index (χ1n) is 9.71. The van der Waals surface area contributed by atoms with Crippen molar-refractivity contribution in [3.05, 3.63) is 59.2 Å². The smallest absolute Gasteiger partial charge is 0.220 e. The molecule has 0 saturated carbocycles. The predicted molar refractivity (Wildman–Crippen MR) is 118 cm³/mol. The Bertz CT molecular complexity index is 1220. The molecule has 30 heavy (non-hydrogen) atoms. The maximum absolute atomic E-state index is 13.5. The maximum Gasteiger partial charge on any atom is 0.220 e. The summed E-state index contributed by atoms with van der Waals surface area (Å²) >= 11 is 6.24. The van der Waals surface area contributed by atoms with E-state index in [1.54, 1.807) is 42.5 Å². The van der Waals surface area contributed by atoms with E-state index < -0.39 is 9.84 Å². The van der Waals surface area contributed by atoms with Gasteiger partial charge in [-0.3, -0.25) is 9.78 Å². The lowest BCUT2D eigenvalue weighted by atomic mass is 9.95. The Morgan fingerprint density at radius 2 is 1.80 bits per heavy atom. The van der Waals surface area contributed by atoms with Gasteiger partial charge in [-0.05, 0) is 50.1 Å². The third kappa shape index (κ3) is 3.75. The van der Waals surface area contributed by atoms with E-state index in [0.717, 1.165) is 5.56 Å². The molecule has 1 aliphatic heterocycles. The Balaban J connectivity index is 1.89. The number of rotatable bonds is 4. The summed E-state index contributed by atoms with van der Waals surface area (Å²) in [5.41, 5.74) is 7.68. The van der Waals surface area contributed by atoms with Gasteiger partial charge in [-0.2, -0.15) is 0 Å². The minimum absolute atomic E-state index is 0.138. The van der Waals surface area contributed by atoms with E-state index in [1.165, 1.54) is 6.20 Å². The maximum atomic E-state index is 13.5. The number of hydrogen-bond acceptors (Lipinski definition) is 5. The van der Waals surface area contributed by atoms with Crippen LogP contribution >= 0.6 is 11.6 Å². The molecule has 0 aliphatic carbocycles. The van der Waals surface area contributed by atoms with Crippen molar-refractivity contribution < 1.29 is 13.2 Å². The molecular formula is C22H22ClN3O3S. The molecule has 0 spiro atoms. The van der Waals surface area contributed by atoms with Crippen molar-refractivity contribution in [2.75, 3.05) is 18.0 Å². The number of carbonyl (C=O) groups excluding carboxylic acids is 1. The molecule has 2 aromatic carbocycles. The summed E-state index contributed by atoms with van der Waals surface area (Å²) < 4.78 is 27.1. The zero-order valence-electron chi connectivity index (χ0n) is 16.5. The number of nitrogens with zero attached hydrogens (tertiary/aromatic N) is 2. The number of pyridine rings is 1. The highest BCUT2D eigenvalue weighted by molar-refractivity contribution is 7.91. The molecule has 4 rings (SSSR count). The van der Waals surface area contributed by atoms with Crippen molar-refractivity contribution in [2.24, 2.45) is 11.7 Å². The molecule has 1 saturated heterocycles. The van der Waals surface area contributed by atoms with E-state index in [-0.39, 0.29) is 21.6 Å². The lowest BCUT2D eigenvalue weighted by molar-refractivity contribution is -0.122. The number of primary amides is 1. The van der Waals surface area contributed by atoms with Crippen molar-refractivity contribution in [1.82, 2.24) is 4.98 Å². The van der Waals surface area contributed by atoms with Gasteiger partial charge >= 0.3 is 0 Å². The number of piperidine rings is 1. The molecule has 0 radical (unpaired) electrons. The van der Waals surface area contributed by atoms with E-state index in [1.807, 2.05) is 11.8 Å². The van der Waals surface area contributed by atoms with Gasteiger partial charge in [-0.15, -0.1) is 0 Å². The number of nitrogens with two attached hydrogens (primary N) is 1. The molecule has 2 heterocycles. The van der Waals surface area contributed by atoms with Crippen LogP contribution in [0.25, 0.3) is 10.9 Å². The van der Waals surface area contributed by atoms with Gasteiger partial charge in [0.15, 0.2) is 0 Å². The van der Waals surface area contributed by atoms with Crippen LogP contribution in [0.2, 0.25) is 5.02 Å². The minimum atomic E-state index is -3.81. The van der Waals surface area contributed by atoms with Crippen LogP contribution in [0.4, 0.5) is 5.69 Å². The molecular weight excluding hydrogens is 422 g/mol. The second kappa shape index (κ2) is 7.89. The highest BCUT2D eigenvalue weighted by atomic mass is 35.5. The number of carbonyl (C=O) groups is 1. The average Bonchev–Trinajstić information content (AvgIpc) is 2.73. The van der Waals surface area contributed by atoms with Crippen LogP contribution < -0.4 is 10.6 Å². The second-order valence-electron chi connectivity index (χ2n) is 7.61. The summed E-state index contributed by atoms with van der Waals surface area (Å²) in [4.78, 5) is 18.3. The van der Waals surface area contributed by atoms with E-state index in [4.69, 9.17) is 17.3 Å². The van der Waals surface area contributed by atoms with Gasteiger partial charge in [-0.25, -0.2) is 8.42 Å². The zero-order valence-corrected chi connectivity index (χ0v) is 18.1. The molecule has 1 aromatic heterocycles. The standard InChI is InChI=1S/C22H22ClN3O3S/c1-14-2-5-17(6-3-14)30(28,29)20-13-25-19-7-4-16(23)12-18(19)21(20)26-10-8-15(9-11-26)22(24)27/h2-7,12-13,15H,8-11H2,1H3,(H2,24,27). The number of amides is 1. The predicted octanol–water partition coefficient (Wildman–Crippen LogP) is 3.73. The highest BCUT2D eigenvalue weighted by Gasteiger charge is 2.30. The highest BCUT2D eigenvalue weighted by Crippen LogP contribution is 2.38. The molecule has 1 amide bonds. The summed E-state index contributed by atoms with van der Waals surface area (Å²) in [6, 6.07) is 12.0. The normalized spacial score (nSPS) is 15.5. The number of sulfone groups is 1. The van der Waals surface area contributed by atoms with Gasteiger partial charge in [0.2, 0.25) is 15.7 Å². The molecule has 0 bridgehead atoms. The van der Waals surface area contributed by atoms with Crippen LogP contribution in [-0.4, -0.2) is 32.4 Å². The fraction of sp³-hybridized carbons (Fsp3) is 0.273. The van der Waals surface area contributed by atoms with E-state index in [9.17, 15) is 13.2 Å². The van der Waals surface area contributed by atoms with Crippen molar-refractivity contribution in [3.63, 3.8) is 0 Å². The van der Waals surface area contributed by atoms with Crippen LogP contribution in [0.5, 0.6) is 0 Å². The third-order valence-electron chi connectivity index (χ3n) is 5.60. The van der Waals surface area contributed by atoms with Gasteiger partial charge in [0.25, 0.3) is 0 Å². The van der Waals surface area contributed by atoms with Crippen LogP contribution in [0.1, 0.15) is 18.4 Å². The zero-order chi connectivity index (χ0) is 21.5. The largest absolute Gasteiger partial charge is 0.370 e. The van der Waals surface area contributed by atoms with Crippen LogP contribution in [0, 0.1) is 12.8 Å². The number of anilines is 1. The molecule has 1 aliphatic rings. The van der Waals surface area contributed by atoms with Crippen LogP contribution in [0.15, 0.2) is 58.5 Å². The fourth-order valence-corrected chi connectivity index (χ4v) is 5.49. The Labute approximate surface area is 180 Å². The van der Waals surface area contributed by atoms with Crippen molar-refractivity contribution in [2.45, 2.75) is 29.6 Å². The van der Waals surface area contributed by atoms with Crippen LogP contribution in [0.3, 0.4) is 0 Å². The van der Waals surface area contributed by atoms with Gasteiger partial charge in [0.1, 0.15) is 4.90 Å². The Morgan fingerprint density at radius 3 is 2.43 bits per heavy atom. The quantitative estimate of drug-likeness (QED) is 0.663. The van der Waals surface area contributed by atoms with E-state index >= 15 is 0 Å². The topological polar surface area (TPSA) is 93.4 Å². The number of fused-ring (bicyclic) bond motifs is 1. The molecule has 6 nitrogen and oxygen atoms in total. The molecule has 0 atom stereocenters. The lowest BCUT2D eigenvalue weighted by Gasteiger charge is -2.34. The molecule has 8 heteroatoms. The number of halogens is 1. The summed E-state index contributed by atoms with van der Waals surface area (Å²) in [6.07, 6.45) is 2.56. The average molecular weight is 444 g/mol. The summed E-state index contributed by atoms with van der Waals surface area (Å²) in [5.74, 6) is -0.514. The van der Waals surface area contributed by atoms with E-state index in [0.29, 0.717) is 47.5 Å². The first kappa shape index (κ1) is 20.6. The summed E-state index contributed by atoms with van der Waals surface area (Å²) in [5, 5.41) is 1.18. The van der Waals surface area contributed by atoms with Gasteiger partial charge in [0, 0.05) is 35.6 Å². The Morgan fingerprint density at radius 1 is 1.13 bits per heavy atom. The van der Waals surface area contributed by atoms with Gasteiger partial charge < -0.3 is 10.6 Å². The second-order valence-corrected chi connectivity index (χ2v) is 9.97. The Kier molecular flexibility index (Phi) is 5.42. The molecule has 1 fully saturated rings. The van der Waals surface area contributed by atoms with E-state index in [2.05, 4.69) is 4.98 Å². The lowest BCUT2D eigenvalue weighted by Crippen LogP contribution is -2.39. The SMILES string of the molecule is Cc1ccc(S(=O)(=O)c2cnc3ccc(Cl)cc3c2N2CCC(C(N)=O)CC2)cc1. The third-order valence-corrected chi connectivity index (χ3v) is 7.61. The number of aryl methyl sites for hydroxylation is 1. The summed E-state index contributed by atoms with van der Waals surface area (Å²) in [7, 11) is -3.81.